The lowest BCUT2D eigenvalue weighted by Crippen LogP contribution is -2.16. The van der Waals surface area contributed by atoms with Crippen LogP contribution in [0.3, 0.4) is 0 Å². The second kappa shape index (κ2) is 7.13. The molecule has 3 aromatic rings. The lowest BCUT2D eigenvalue weighted by atomic mass is 10.0. The minimum absolute atomic E-state index is 0.452. The van der Waals surface area contributed by atoms with Crippen molar-refractivity contribution >= 4 is 17.3 Å². The predicted octanol–water partition coefficient (Wildman–Crippen LogP) is 3.34. The standard InChI is InChI=1S/C20H20ClN5O/c1-25(2)12-19-24-23-18-11-22-20(13-4-7-15(27-3)8-5-13)16-10-14(21)6-9-17(16)26(18)19/h4-10H,11-12H2,1-3H3. The van der Waals surface area contributed by atoms with Crippen LogP contribution in [0.2, 0.25) is 5.02 Å². The molecule has 0 bridgehead atoms. The van der Waals surface area contributed by atoms with E-state index in [1.807, 2.05) is 56.6 Å². The van der Waals surface area contributed by atoms with Gasteiger partial charge in [-0.1, -0.05) is 11.6 Å². The zero-order valence-corrected chi connectivity index (χ0v) is 16.2. The molecule has 4 rings (SSSR count). The molecule has 27 heavy (non-hydrogen) atoms. The van der Waals surface area contributed by atoms with Crippen molar-refractivity contribution in [3.63, 3.8) is 0 Å². The van der Waals surface area contributed by atoms with Crippen molar-refractivity contribution in [3.05, 3.63) is 70.3 Å². The Kier molecular flexibility index (Phi) is 4.68. The normalized spacial score (nSPS) is 13.0. The maximum Gasteiger partial charge on any atom is 0.159 e. The van der Waals surface area contributed by atoms with Gasteiger partial charge < -0.3 is 9.64 Å². The van der Waals surface area contributed by atoms with Crippen LogP contribution in [0.15, 0.2) is 47.5 Å². The third kappa shape index (κ3) is 3.34. The van der Waals surface area contributed by atoms with Gasteiger partial charge in [-0.05, 0) is 56.6 Å². The number of hydrogen-bond acceptors (Lipinski definition) is 5. The highest BCUT2D eigenvalue weighted by molar-refractivity contribution is 6.31. The van der Waals surface area contributed by atoms with Gasteiger partial charge in [0.05, 0.1) is 25.1 Å². The maximum atomic E-state index is 6.33. The van der Waals surface area contributed by atoms with Crippen molar-refractivity contribution in [2.75, 3.05) is 21.2 Å². The van der Waals surface area contributed by atoms with Crippen LogP contribution in [-0.4, -0.2) is 46.6 Å². The molecule has 0 amide bonds. The number of rotatable bonds is 4. The Balaban J connectivity index is 1.88. The van der Waals surface area contributed by atoms with Crippen LogP contribution in [-0.2, 0) is 13.1 Å². The van der Waals surface area contributed by atoms with E-state index in [0.717, 1.165) is 39.9 Å². The number of aromatic nitrogens is 3. The van der Waals surface area contributed by atoms with Crippen molar-refractivity contribution in [1.82, 2.24) is 19.7 Å². The zero-order valence-electron chi connectivity index (χ0n) is 15.5. The molecule has 0 aliphatic carbocycles. The summed E-state index contributed by atoms with van der Waals surface area (Å²) in [6, 6.07) is 13.7. The van der Waals surface area contributed by atoms with Gasteiger partial charge in [-0.3, -0.25) is 9.56 Å². The Hall–Kier alpha value is -2.70. The molecule has 0 saturated carbocycles. The summed E-state index contributed by atoms with van der Waals surface area (Å²) in [5, 5.41) is 9.41. The average molecular weight is 382 g/mol. The first-order valence-electron chi connectivity index (χ1n) is 8.64. The number of methoxy groups -OCH3 is 1. The zero-order chi connectivity index (χ0) is 19.0. The van der Waals surface area contributed by atoms with Crippen LogP contribution in [0.1, 0.15) is 22.8 Å². The van der Waals surface area contributed by atoms with Crippen LogP contribution in [0.5, 0.6) is 5.75 Å². The molecular formula is C20H20ClN5O. The lowest BCUT2D eigenvalue weighted by molar-refractivity contribution is 0.387. The second-order valence-electron chi connectivity index (χ2n) is 6.66. The maximum absolute atomic E-state index is 6.33. The third-order valence-corrected chi connectivity index (χ3v) is 4.69. The van der Waals surface area contributed by atoms with Crippen LogP contribution in [0, 0.1) is 0 Å². The first kappa shape index (κ1) is 17.7. The number of aliphatic imine (C=N–C) groups is 1. The van der Waals surface area contributed by atoms with Crippen LogP contribution in [0.25, 0.3) is 5.69 Å². The van der Waals surface area contributed by atoms with Gasteiger partial charge in [-0.25, -0.2) is 0 Å². The molecule has 0 spiro atoms. The summed E-state index contributed by atoms with van der Waals surface area (Å²) in [6.45, 7) is 1.14. The Bertz CT molecular complexity index is 1010. The minimum Gasteiger partial charge on any atom is -0.497 e. The van der Waals surface area contributed by atoms with Crippen LogP contribution >= 0.6 is 11.6 Å². The molecular weight excluding hydrogens is 362 g/mol. The minimum atomic E-state index is 0.452. The Morgan fingerprint density at radius 2 is 1.89 bits per heavy atom. The highest BCUT2D eigenvalue weighted by Crippen LogP contribution is 2.29. The first-order valence-corrected chi connectivity index (χ1v) is 9.01. The molecule has 0 N–H and O–H groups in total. The Morgan fingerprint density at radius 1 is 1.11 bits per heavy atom. The topological polar surface area (TPSA) is 55.5 Å². The Morgan fingerprint density at radius 3 is 2.59 bits per heavy atom. The number of hydrogen-bond donors (Lipinski definition) is 0. The number of fused-ring (bicyclic) bond motifs is 3. The number of ether oxygens (including phenoxy) is 1. The van der Waals surface area contributed by atoms with Gasteiger partial charge in [-0.15, -0.1) is 10.2 Å². The van der Waals surface area contributed by atoms with E-state index in [-0.39, 0.29) is 0 Å². The van der Waals surface area contributed by atoms with E-state index in [1.54, 1.807) is 7.11 Å². The summed E-state index contributed by atoms with van der Waals surface area (Å²) in [7, 11) is 5.69. The van der Waals surface area contributed by atoms with Crippen molar-refractivity contribution in [3.8, 4) is 11.4 Å². The highest BCUT2D eigenvalue weighted by Gasteiger charge is 2.23. The molecule has 7 heteroatoms. The van der Waals surface area contributed by atoms with E-state index in [1.165, 1.54) is 0 Å². The van der Waals surface area contributed by atoms with Crippen LogP contribution < -0.4 is 4.74 Å². The fraction of sp³-hybridized carbons (Fsp3) is 0.250. The summed E-state index contributed by atoms with van der Waals surface area (Å²) in [4.78, 5) is 6.92. The average Bonchev–Trinajstić information content (AvgIpc) is 2.96. The number of halogens is 1. The second-order valence-corrected chi connectivity index (χ2v) is 7.10. The lowest BCUT2D eigenvalue weighted by Gasteiger charge is -2.15. The molecule has 0 atom stereocenters. The Labute approximate surface area is 163 Å². The van der Waals surface area contributed by atoms with E-state index in [2.05, 4.69) is 19.7 Å². The highest BCUT2D eigenvalue weighted by atomic mass is 35.5. The van der Waals surface area contributed by atoms with Gasteiger partial charge in [0, 0.05) is 16.1 Å². The molecule has 0 unspecified atom stereocenters. The third-order valence-electron chi connectivity index (χ3n) is 4.45. The van der Waals surface area contributed by atoms with Gasteiger partial charge in [0.2, 0.25) is 0 Å². The monoisotopic (exact) mass is 381 g/mol. The quantitative estimate of drug-likeness (QED) is 0.695. The summed E-state index contributed by atoms with van der Waals surface area (Å²) in [5.41, 5.74) is 3.85. The summed E-state index contributed by atoms with van der Waals surface area (Å²) < 4.78 is 7.36. The fourth-order valence-corrected chi connectivity index (χ4v) is 3.42. The van der Waals surface area contributed by atoms with E-state index in [0.29, 0.717) is 18.1 Å². The van der Waals surface area contributed by atoms with Gasteiger partial charge in [0.1, 0.15) is 12.3 Å². The van der Waals surface area contributed by atoms with E-state index in [4.69, 9.17) is 21.3 Å². The predicted molar refractivity (Wildman–Crippen MR) is 106 cm³/mol. The molecule has 6 nitrogen and oxygen atoms in total. The first-order chi connectivity index (χ1) is 13.1. The van der Waals surface area contributed by atoms with Crippen molar-refractivity contribution in [2.24, 2.45) is 4.99 Å². The van der Waals surface area contributed by atoms with Crippen LogP contribution in [0.4, 0.5) is 0 Å². The molecule has 1 aliphatic heterocycles. The SMILES string of the molecule is COc1ccc(C2=NCc3nnc(CN(C)C)n3-c3ccc(Cl)cc32)cc1. The van der Waals surface area contributed by atoms with E-state index >= 15 is 0 Å². The van der Waals surface area contributed by atoms with Gasteiger partial charge in [0.15, 0.2) is 11.6 Å². The smallest absolute Gasteiger partial charge is 0.159 e. The van der Waals surface area contributed by atoms with Gasteiger partial charge in [-0.2, -0.15) is 0 Å². The molecule has 2 aromatic carbocycles. The summed E-state index contributed by atoms with van der Waals surface area (Å²) >= 11 is 6.33. The van der Waals surface area contributed by atoms with Gasteiger partial charge in [0.25, 0.3) is 0 Å². The van der Waals surface area contributed by atoms with Crippen molar-refractivity contribution in [1.29, 1.82) is 0 Å². The summed E-state index contributed by atoms with van der Waals surface area (Å²) in [5.74, 6) is 2.51. The molecule has 0 saturated heterocycles. The van der Waals surface area contributed by atoms with Crippen molar-refractivity contribution in [2.45, 2.75) is 13.1 Å². The number of benzene rings is 2. The molecule has 0 fully saturated rings. The van der Waals surface area contributed by atoms with E-state index < -0.39 is 0 Å². The molecule has 1 aromatic heterocycles. The van der Waals surface area contributed by atoms with Gasteiger partial charge >= 0.3 is 0 Å². The van der Waals surface area contributed by atoms with E-state index in [9.17, 15) is 0 Å². The molecule has 138 valence electrons. The number of nitrogens with zero attached hydrogens (tertiary/aromatic N) is 5. The molecule has 1 aliphatic rings. The summed E-state index contributed by atoms with van der Waals surface area (Å²) in [6.07, 6.45) is 0. The largest absolute Gasteiger partial charge is 0.497 e. The van der Waals surface area contributed by atoms with Crippen molar-refractivity contribution < 1.29 is 4.74 Å². The fourth-order valence-electron chi connectivity index (χ4n) is 3.24. The molecule has 0 radical (unpaired) electrons. The molecule has 2 heterocycles.